The van der Waals surface area contributed by atoms with Gasteiger partial charge in [0.1, 0.15) is 48.4 Å². The van der Waals surface area contributed by atoms with Crippen molar-refractivity contribution in [1.82, 2.24) is 0 Å². The number of carboxylic acid groups (broad SMARTS) is 1. The zero-order chi connectivity index (χ0) is 49.3. The van der Waals surface area contributed by atoms with Crippen LogP contribution in [0.3, 0.4) is 0 Å². The molecule has 3 aliphatic rings. The summed E-state index contributed by atoms with van der Waals surface area (Å²) in [6.45, 7) is 8.17. The first-order chi connectivity index (χ1) is 31.1. The number of fused-ring (bicyclic) bond motifs is 2. The Morgan fingerprint density at radius 1 is 0.700 bits per heavy atom. The molecule has 1 N–H and O–H groups in total. The first kappa shape index (κ1) is 62.3. The monoisotopic (exact) mass is 1070 g/mol. The summed E-state index contributed by atoms with van der Waals surface area (Å²) in [5.74, 6) is -0.879. The molecule has 0 unspecified atom stereocenters. The molecule has 3 aromatic rings. The summed E-state index contributed by atoms with van der Waals surface area (Å²) in [6, 6.07) is 13.2. The van der Waals surface area contributed by atoms with E-state index < -0.39 is 72.8 Å². The number of carboxylic acids is 1. The van der Waals surface area contributed by atoms with Gasteiger partial charge in [0.15, 0.2) is 5.71 Å². The van der Waals surface area contributed by atoms with Crippen molar-refractivity contribution in [2.45, 2.75) is 111 Å². The van der Waals surface area contributed by atoms with E-state index in [-0.39, 0.29) is 125 Å². The number of allylic oxidation sites excluding steroid dienone is 7. The summed E-state index contributed by atoms with van der Waals surface area (Å²) in [5, 5.41) is 9.17. The Kier molecular flexibility index (Phi) is 21.9. The van der Waals surface area contributed by atoms with Crippen LogP contribution in [0.2, 0.25) is 0 Å². The van der Waals surface area contributed by atoms with Crippen molar-refractivity contribution >= 4 is 63.5 Å². The summed E-state index contributed by atoms with van der Waals surface area (Å²) < 4.78 is 151. The van der Waals surface area contributed by atoms with Crippen molar-refractivity contribution in [3.63, 3.8) is 0 Å². The topological polar surface area (TPSA) is 282 Å². The number of hydrogen-bond donors (Lipinski definition) is 1. The quantitative estimate of drug-likeness (QED) is 0.0559. The molecule has 0 amide bonds. The summed E-state index contributed by atoms with van der Waals surface area (Å²) in [5.41, 5.74) is 3.47. The second-order valence-corrected chi connectivity index (χ2v) is 23.4. The van der Waals surface area contributed by atoms with E-state index in [4.69, 9.17) is 4.74 Å². The molecule has 0 saturated carbocycles. The van der Waals surface area contributed by atoms with Crippen molar-refractivity contribution in [2.75, 3.05) is 23.7 Å². The fourth-order valence-electron chi connectivity index (χ4n) is 8.88. The Bertz CT molecular complexity index is 3090. The Labute approximate surface area is 477 Å². The van der Waals surface area contributed by atoms with Crippen LogP contribution in [0.4, 0.5) is 11.4 Å². The summed E-state index contributed by atoms with van der Waals surface area (Å²) in [4.78, 5) is 11.8. The molecule has 24 heteroatoms. The van der Waals surface area contributed by atoms with Gasteiger partial charge in [0.05, 0.1) is 30.2 Å². The number of aliphatic carboxylic acids is 1. The van der Waals surface area contributed by atoms with Gasteiger partial charge in [0.25, 0.3) is 0 Å². The molecule has 0 spiro atoms. The van der Waals surface area contributed by atoms with Crippen LogP contribution < -0.4 is 98.3 Å². The van der Waals surface area contributed by atoms with E-state index in [2.05, 4.69) is 0 Å². The zero-order valence-corrected chi connectivity index (χ0v) is 49.5. The van der Waals surface area contributed by atoms with Gasteiger partial charge < -0.3 is 33.0 Å². The van der Waals surface area contributed by atoms with E-state index in [9.17, 15) is 61.8 Å². The third kappa shape index (κ3) is 15.1. The summed E-state index contributed by atoms with van der Waals surface area (Å²) in [6.07, 6.45) is 11.0. The largest absolute Gasteiger partial charge is 1.00 e. The normalized spacial score (nSPS) is 17.8. The van der Waals surface area contributed by atoms with Crippen LogP contribution in [0.1, 0.15) is 96.6 Å². The van der Waals surface area contributed by atoms with E-state index in [1.165, 1.54) is 42.5 Å². The minimum atomic E-state index is -4.83. The van der Waals surface area contributed by atoms with Gasteiger partial charge in [-0.3, -0.25) is 4.79 Å². The Morgan fingerprint density at radius 3 is 1.87 bits per heavy atom. The molecule has 0 fully saturated rings. The predicted molar refractivity (Wildman–Crippen MR) is 243 cm³/mol. The zero-order valence-electron chi connectivity index (χ0n) is 40.3. The van der Waals surface area contributed by atoms with Gasteiger partial charge in [-0.05, 0) is 142 Å². The van der Waals surface area contributed by atoms with Crippen molar-refractivity contribution in [3.05, 3.63) is 119 Å². The van der Waals surface area contributed by atoms with Crippen LogP contribution in [-0.4, -0.2) is 92.1 Å². The number of hydrogen-bond acceptors (Lipinski definition) is 15. The molecule has 3 aromatic carbocycles. The van der Waals surface area contributed by atoms with Crippen LogP contribution in [0.25, 0.3) is 0 Å². The third-order valence-corrected chi connectivity index (χ3v) is 15.6. The van der Waals surface area contributed by atoms with Crippen LogP contribution in [0, 0.1) is 0 Å². The molecule has 17 nitrogen and oxygen atoms in total. The van der Waals surface area contributed by atoms with E-state index in [1.54, 1.807) is 6.07 Å². The number of benzene rings is 3. The van der Waals surface area contributed by atoms with Crippen LogP contribution in [0.15, 0.2) is 122 Å². The molecule has 0 aromatic heterocycles. The van der Waals surface area contributed by atoms with Gasteiger partial charge in [0.2, 0.25) is 5.69 Å². The van der Waals surface area contributed by atoms with E-state index >= 15 is 0 Å². The Morgan fingerprint density at radius 2 is 1.29 bits per heavy atom. The van der Waals surface area contributed by atoms with Gasteiger partial charge >= 0.3 is 94.6 Å². The van der Waals surface area contributed by atoms with E-state index in [0.29, 0.717) is 90.2 Å². The third-order valence-electron chi connectivity index (χ3n) is 12.3. The maximum atomic E-state index is 12.1. The molecule has 70 heavy (non-hydrogen) atoms. The molecule has 362 valence electrons. The second-order valence-electron chi connectivity index (χ2n) is 17.7. The molecule has 0 bridgehead atoms. The van der Waals surface area contributed by atoms with Gasteiger partial charge in [-0.2, -0.15) is 4.58 Å². The molecule has 0 radical (unpaired) electrons. The second kappa shape index (κ2) is 24.6. The van der Waals surface area contributed by atoms with Gasteiger partial charge in [0, 0.05) is 59.6 Å². The molecular formula is C46H51N2Na3O15S4. The number of ether oxygens (including phenoxy) is 1. The number of rotatable bonds is 19. The predicted octanol–water partition coefficient (Wildman–Crippen LogP) is -2.56. The molecule has 0 saturated heterocycles. The fraction of sp³-hybridized carbons (Fsp3) is 0.391. The van der Waals surface area contributed by atoms with Crippen molar-refractivity contribution in [2.24, 2.45) is 0 Å². The van der Waals surface area contributed by atoms with Crippen molar-refractivity contribution < 1.29 is 160 Å². The van der Waals surface area contributed by atoms with Crippen LogP contribution in [-0.2, 0) is 56.1 Å². The maximum Gasteiger partial charge on any atom is 1.00 e. The maximum absolute atomic E-state index is 12.1. The first-order valence-electron chi connectivity index (χ1n) is 21.4. The summed E-state index contributed by atoms with van der Waals surface area (Å²) in [7, 11) is -18.9. The summed E-state index contributed by atoms with van der Waals surface area (Å²) >= 11 is 0. The number of nitrogens with zero attached hydrogens (tertiary/aromatic N) is 2. The average Bonchev–Trinajstić information content (AvgIpc) is 3.57. The fourth-order valence-corrected chi connectivity index (χ4v) is 10.9. The molecular weight excluding hydrogens is 1020 g/mol. The molecule has 2 heterocycles. The Hall–Kier alpha value is -2.00. The van der Waals surface area contributed by atoms with Crippen LogP contribution >= 0.6 is 0 Å². The number of unbranched alkanes of at least 4 members (excludes halogenated alkanes) is 3. The number of anilines is 1. The standard InChI is InChI=1S/C46H54N2O15S4.3Na/c1-45(2)37-29-35(66(57,58)59)20-22-39(37)47(26-7-5-6-13-43(49)50)41(45)24-14-31-11-10-12-32(44(31)63-33-16-18-34(19-17-33)65(54,55)56)15-25-42-46(3,4)38-30-36(67(60,61)62)21-23-40(38)48(42)27-8-9-28-64(51,52)53;;;/h14-25,29-30H,5-13,26-28H2,1-4H3,(H4-,49,50,51,52,53,54,55,56,57,58,59,60,61,62);;;/q;3*+1/p-3. The van der Waals surface area contributed by atoms with Crippen molar-refractivity contribution in [3.8, 4) is 5.75 Å². The first-order valence-corrected chi connectivity index (χ1v) is 27.2. The van der Waals surface area contributed by atoms with Gasteiger partial charge in [-0.15, -0.1) is 0 Å². The van der Waals surface area contributed by atoms with Gasteiger partial charge in [-0.1, -0.05) is 19.9 Å². The minimum absolute atomic E-state index is 0. The SMILES string of the molecule is CC1(C)C(/C=C/C2=C(Oc3ccc(S(=O)(=O)[O-])cc3)C(=C/C=C3/N(CCCCS(=O)(=O)[O-])c4ccc(S(=O)(=O)[O-])cc4C3(C)C)/CCC2)=[N+](CCCCCC(=O)O)c2ccc(S(=O)(=O)[O-])cc21.[Na+].[Na+].[Na+]. The van der Waals surface area contributed by atoms with Crippen LogP contribution in [0.5, 0.6) is 5.75 Å². The average molecular weight is 1070 g/mol. The van der Waals surface area contributed by atoms with Crippen molar-refractivity contribution in [1.29, 1.82) is 0 Å². The molecule has 6 rings (SSSR count). The molecule has 0 atom stereocenters. The van der Waals surface area contributed by atoms with Gasteiger partial charge in [-0.25, -0.2) is 33.7 Å². The minimum Gasteiger partial charge on any atom is -0.748 e. The Balaban J connectivity index is 0.00000432. The molecule has 2 aliphatic heterocycles. The number of carbonyl (C=O) groups is 1. The van der Waals surface area contributed by atoms with E-state index in [1.807, 2.05) is 61.5 Å². The van der Waals surface area contributed by atoms with E-state index in [0.717, 1.165) is 17.8 Å². The smallest absolute Gasteiger partial charge is 0.748 e. The molecule has 1 aliphatic carbocycles.